The molecule has 1 aromatic heterocycles. The Morgan fingerprint density at radius 3 is 2.69 bits per heavy atom. The lowest BCUT2D eigenvalue weighted by Gasteiger charge is -2.23. The van der Waals surface area contributed by atoms with Crippen molar-refractivity contribution in [1.29, 1.82) is 0 Å². The van der Waals surface area contributed by atoms with Crippen molar-refractivity contribution in [3.8, 4) is 0 Å². The molecule has 0 saturated carbocycles. The van der Waals surface area contributed by atoms with Gasteiger partial charge in [-0.2, -0.15) is 23.2 Å². The smallest absolute Gasteiger partial charge is 0.383 e. The third-order valence-electron chi connectivity index (χ3n) is 4.87. The first-order valence-corrected chi connectivity index (χ1v) is 10.4. The van der Waals surface area contributed by atoms with Crippen LogP contribution in [0.1, 0.15) is 40.1 Å². The summed E-state index contributed by atoms with van der Waals surface area (Å²) in [6.07, 6.45) is -2.07. The van der Waals surface area contributed by atoms with Crippen LogP contribution in [0.3, 0.4) is 0 Å². The highest BCUT2D eigenvalue weighted by Gasteiger charge is 2.33. The number of alkyl halides is 3. The van der Waals surface area contributed by atoms with Crippen LogP contribution in [0.4, 0.5) is 29.7 Å². The Bertz CT molecular complexity index is 1150. The summed E-state index contributed by atoms with van der Waals surface area (Å²) in [5.74, 6) is -2.60. The highest BCUT2D eigenvalue weighted by Crippen LogP contribution is 2.30. The maximum atomic E-state index is 13.1. The number of carbonyl (C=O) groups is 3. The second kappa shape index (κ2) is 9.99. The highest BCUT2D eigenvalue weighted by atomic mass is 19.4. The van der Waals surface area contributed by atoms with E-state index in [1.807, 2.05) is 0 Å². The second-order valence-electron chi connectivity index (χ2n) is 8.09. The van der Waals surface area contributed by atoms with Gasteiger partial charge in [-0.25, -0.2) is 14.6 Å². The molecule has 13 heteroatoms. The largest absolute Gasteiger partial charge is 0.416 e. The third-order valence-corrected chi connectivity index (χ3v) is 4.87. The molecule has 0 aliphatic carbocycles. The van der Waals surface area contributed by atoms with Crippen LogP contribution < -0.4 is 16.0 Å². The topological polar surface area (TPSA) is 131 Å². The third kappa shape index (κ3) is 5.86. The number of hydrogen-bond acceptors (Lipinski definition) is 7. The van der Waals surface area contributed by atoms with Crippen molar-refractivity contribution in [3.05, 3.63) is 59.8 Å². The molecule has 1 atom stereocenters. The first-order valence-electron chi connectivity index (χ1n) is 10.4. The Morgan fingerprint density at radius 2 is 2.11 bits per heavy atom. The molecule has 1 aliphatic rings. The molecule has 2 aromatic rings. The maximum Gasteiger partial charge on any atom is 0.416 e. The molecule has 0 bridgehead atoms. The van der Waals surface area contributed by atoms with Crippen molar-refractivity contribution in [1.82, 2.24) is 20.3 Å². The first kappa shape index (κ1) is 25.5. The van der Waals surface area contributed by atoms with Gasteiger partial charge in [0.2, 0.25) is 5.95 Å². The van der Waals surface area contributed by atoms with Crippen LogP contribution in [-0.2, 0) is 11.0 Å². The van der Waals surface area contributed by atoms with Gasteiger partial charge in [0.15, 0.2) is 0 Å². The van der Waals surface area contributed by atoms with Crippen molar-refractivity contribution in [2.24, 2.45) is 5.92 Å². The Kier molecular flexibility index (Phi) is 7.27. The van der Waals surface area contributed by atoms with E-state index in [1.54, 1.807) is 13.8 Å². The number of aromatic nitrogens is 2. The fourth-order valence-corrected chi connectivity index (χ4v) is 3.16. The Hall–Kier alpha value is -4.16. The standard InChI is InChI=1S/C22H23F3N6O4/c1-4-15-11-30(21(34)28-15)20-27-9-16(17(26)29-20)19(33)35-31(10-12(2)3)18(32)13-6-5-7-14(8-13)22(23,24)25/h4-9,12,15H,1,10-11H2,2-3H3,(H,28,34)(H2,26,27,29). The second-order valence-corrected chi connectivity index (χ2v) is 8.09. The summed E-state index contributed by atoms with van der Waals surface area (Å²) in [4.78, 5) is 52.1. The van der Waals surface area contributed by atoms with Gasteiger partial charge in [0.25, 0.3) is 5.91 Å². The van der Waals surface area contributed by atoms with Crippen LogP contribution >= 0.6 is 0 Å². The number of hydroxylamine groups is 2. The number of nitrogens with one attached hydrogen (secondary N) is 1. The van der Waals surface area contributed by atoms with E-state index in [9.17, 15) is 27.6 Å². The molecule has 0 spiro atoms. The molecular formula is C22H23F3N6O4. The van der Waals surface area contributed by atoms with E-state index < -0.39 is 29.6 Å². The predicted molar refractivity (Wildman–Crippen MR) is 119 cm³/mol. The SMILES string of the molecule is C=CC1CN(c2ncc(C(=O)ON(CC(C)C)C(=O)c3cccc(C(F)(F)F)c3)c(N)n2)C(=O)N1. The Morgan fingerprint density at radius 1 is 1.40 bits per heavy atom. The summed E-state index contributed by atoms with van der Waals surface area (Å²) >= 11 is 0. The van der Waals surface area contributed by atoms with Crippen molar-refractivity contribution >= 4 is 29.7 Å². The first-order chi connectivity index (χ1) is 16.4. The Labute approximate surface area is 198 Å². The van der Waals surface area contributed by atoms with Gasteiger partial charge in [0.1, 0.15) is 11.4 Å². The number of nitrogens with zero attached hydrogens (tertiary/aromatic N) is 4. The Balaban J connectivity index is 1.82. The van der Waals surface area contributed by atoms with Crippen LogP contribution in [-0.4, -0.2) is 52.1 Å². The van der Waals surface area contributed by atoms with Crippen LogP contribution in [0, 0.1) is 5.92 Å². The van der Waals surface area contributed by atoms with Crippen LogP contribution in [0.25, 0.3) is 0 Å². The lowest BCUT2D eigenvalue weighted by atomic mass is 10.1. The molecule has 0 radical (unpaired) electrons. The number of benzene rings is 1. The number of rotatable bonds is 6. The number of carbonyl (C=O) groups excluding carboxylic acids is 3. The van der Waals surface area contributed by atoms with E-state index in [0.29, 0.717) is 11.1 Å². The number of hydrogen-bond donors (Lipinski definition) is 2. The quantitative estimate of drug-likeness (QED) is 0.468. The average molecular weight is 492 g/mol. The van der Waals surface area contributed by atoms with Crippen molar-refractivity contribution in [2.75, 3.05) is 23.7 Å². The van der Waals surface area contributed by atoms with Crippen LogP contribution in [0.2, 0.25) is 0 Å². The molecule has 3 amide bonds. The average Bonchev–Trinajstić information content (AvgIpc) is 3.18. The molecule has 1 fully saturated rings. The van der Waals surface area contributed by atoms with Crippen molar-refractivity contribution in [3.63, 3.8) is 0 Å². The van der Waals surface area contributed by atoms with Gasteiger partial charge in [0, 0.05) is 11.8 Å². The van der Waals surface area contributed by atoms with Gasteiger partial charge in [0.05, 0.1) is 24.7 Å². The molecule has 186 valence electrons. The zero-order valence-electron chi connectivity index (χ0n) is 18.9. The zero-order chi connectivity index (χ0) is 25.9. The normalized spacial score (nSPS) is 15.7. The maximum absolute atomic E-state index is 13.1. The molecule has 35 heavy (non-hydrogen) atoms. The molecule has 3 rings (SSSR count). The minimum absolute atomic E-state index is 0.0556. The molecule has 3 N–H and O–H groups in total. The van der Waals surface area contributed by atoms with Crippen LogP contribution in [0.15, 0.2) is 43.1 Å². The molecule has 10 nitrogen and oxygen atoms in total. The number of anilines is 2. The van der Waals surface area contributed by atoms with Crippen molar-refractivity contribution < 1.29 is 32.4 Å². The molecule has 1 unspecified atom stereocenters. The lowest BCUT2D eigenvalue weighted by molar-refractivity contribution is -0.137. The van der Waals surface area contributed by atoms with E-state index in [2.05, 4.69) is 21.9 Å². The zero-order valence-corrected chi connectivity index (χ0v) is 18.9. The van der Waals surface area contributed by atoms with E-state index in [4.69, 9.17) is 10.6 Å². The van der Waals surface area contributed by atoms with E-state index >= 15 is 0 Å². The van der Waals surface area contributed by atoms with Gasteiger partial charge in [-0.05, 0) is 24.1 Å². The summed E-state index contributed by atoms with van der Waals surface area (Å²) in [6.45, 7) is 7.16. The minimum atomic E-state index is -4.65. The molecule has 1 saturated heterocycles. The summed E-state index contributed by atoms with van der Waals surface area (Å²) < 4.78 is 39.2. The van der Waals surface area contributed by atoms with Gasteiger partial charge in [-0.3, -0.25) is 9.69 Å². The predicted octanol–water partition coefficient (Wildman–Crippen LogP) is 3.03. The number of urea groups is 1. The van der Waals surface area contributed by atoms with E-state index in [1.165, 1.54) is 17.0 Å². The minimum Gasteiger partial charge on any atom is -0.383 e. The molecule has 2 heterocycles. The van der Waals surface area contributed by atoms with Crippen molar-refractivity contribution in [2.45, 2.75) is 26.1 Å². The summed E-state index contributed by atoms with van der Waals surface area (Å²) in [5, 5.41) is 3.30. The van der Waals surface area contributed by atoms with Gasteiger partial charge in [-0.1, -0.05) is 26.0 Å². The monoisotopic (exact) mass is 492 g/mol. The number of amides is 3. The van der Waals surface area contributed by atoms with E-state index in [0.717, 1.165) is 18.3 Å². The molecular weight excluding hydrogens is 469 g/mol. The van der Waals surface area contributed by atoms with E-state index in [-0.39, 0.29) is 47.9 Å². The fraction of sp³-hybridized carbons (Fsp3) is 0.318. The number of nitrogen functional groups attached to an aromatic ring is 1. The van der Waals surface area contributed by atoms with Gasteiger partial charge >= 0.3 is 18.2 Å². The van der Waals surface area contributed by atoms with Crippen LogP contribution in [0.5, 0.6) is 0 Å². The molecule has 1 aliphatic heterocycles. The summed E-state index contributed by atoms with van der Waals surface area (Å²) in [5.41, 5.74) is 4.25. The highest BCUT2D eigenvalue weighted by molar-refractivity contribution is 5.98. The summed E-state index contributed by atoms with van der Waals surface area (Å²) in [7, 11) is 0. The fourth-order valence-electron chi connectivity index (χ4n) is 3.16. The van der Waals surface area contributed by atoms with Gasteiger partial charge < -0.3 is 15.9 Å². The molecule has 1 aromatic carbocycles. The number of halogens is 3. The van der Waals surface area contributed by atoms with Gasteiger partial charge in [-0.15, -0.1) is 6.58 Å². The lowest BCUT2D eigenvalue weighted by Crippen LogP contribution is -2.37. The number of nitrogens with two attached hydrogens (primary N) is 1. The summed E-state index contributed by atoms with van der Waals surface area (Å²) in [6, 6.07) is 2.98.